The fraction of sp³-hybridized carbons (Fsp3) is 0.429. The molecule has 0 spiro atoms. The van der Waals surface area contributed by atoms with Crippen LogP contribution in [0.15, 0.2) is 36.5 Å². The quantitative estimate of drug-likeness (QED) is 0.436. The molecule has 9 nitrogen and oxygen atoms in total. The van der Waals surface area contributed by atoms with Crippen molar-refractivity contribution in [2.24, 2.45) is 0 Å². The van der Waals surface area contributed by atoms with Crippen molar-refractivity contribution < 1.29 is 36.9 Å². The Balaban J connectivity index is 1.50. The summed E-state index contributed by atoms with van der Waals surface area (Å²) in [5.74, 6) is 1.62. The normalized spacial score (nSPS) is 20.2. The lowest BCUT2D eigenvalue weighted by Crippen LogP contribution is -2.40. The summed E-state index contributed by atoms with van der Waals surface area (Å²) in [6.07, 6.45) is -3.11. The van der Waals surface area contributed by atoms with Gasteiger partial charge in [0, 0.05) is 13.0 Å². The van der Waals surface area contributed by atoms with E-state index in [2.05, 4.69) is 10.4 Å². The Morgan fingerprint density at radius 2 is 1.62 bits per heavy atom. The van der Waals surface area contributed by atoms with Crippen LogP contribution in [-0.2, 0) is 6.42 Å². The van der Waals surface area contributed by atoms with Gasteiger partial charge in [0.15, 0.2) is 29.0 Å². The number of nitrogens with zero attached hydrogens (tertiary/aromatic N) is 3. The number of ether oxygens (including phenoxy) is 4. The first kappa shape index (κ1) is 27.5. The van der Waals surface area contributed by atoms with E-state index < -0.39 is 24.2 Å². The van der Waals surface area contributed by atoms with Crippen molar-refractivity contribution in [1.29, 1.82) is 0 Å². The van der Waals surface area contributed by atoms with Gasteiger partial charge in [-0.2, -0.15) is 18.3 Å². The molecule has 3 atom stereocenters. The lowest BCUT2D eigenvalue weighted by molar-refractivity contribution is -0.173. The maximum atomic E-state index is 14.2. The number of methoxy groups -OCH3 is 4. The van der Waals surface area contributed by atoms with E-state index in [1.165, 1.54) is 27.5 Å². The highest BCUT2D eigenvalue weighted by Gasteiger charge is 2.48. The minimum atomic E-state index is -4.58. The summed E-state index contributed by atoms with van der Waals surface area (Å²) >= 11 is 0. The van der Waals surface area contributed by atoms with E-state index in [1.807, 2.05) is 19.1 Å². The number of carbonyl (C=O) groups excluding carboxylic acids is 1. The van der Waals surface area contributed by atoms with Crippen LogP contribution in [0.25, 0.3) is 0 Å². The molecule has 0 aliphatic carbocycles. The Kier molecular flexibility index (Phi) is 7.19. The Bertz CT molecular complexity index is 1420. The van der Waals surface area contributed by atoms with E-state index in [-0.39, 0.29) is 23.8 Å². The fourth-order valence-electron chi connectivity index (χ4n) is 5.58. The summed E-state index contributed by atoms with van der Waals surface area (Å²) in [6.45, 7) is 2.27. The lowest BCUT2D eigenvalue weighted by Gasteiger charge is -2.37. The zero-order valence-corrected chi connectivity index (χ0v) is 22.8. The molecule has 1 amide bonds. The maximum Gasteiger partial charge on any atom is 0.410 e. The molecular weight excluding hydrogens is 529 g/mol. The van der Waals surface area contributed by atoms with Crippen molar-refractivity contribution in [3.05, 3.63) is 58.8 Å². The first-order chi connectivity index (χ1) is 19.1. The third-order valence-electron chi connectivity index (χ3n) is 7.72. The molecule has 1 aromatic heterocycles. The van der Waals surface area contributed by atoms with Gasteiger partial charge in [-0.3, -0.25) is 4.79 Å². The molecule has 0 saturated carbocycles. The predicted molar refractivity (Wildman–Crippen MR) is 141 cm³/mol. The second-order valence-electron chi connectivity index (χ2n) is 9.79. The van der Waals surface area contributed by atoms with Crippen LogP contribution >= 0.6 is 0 Å². The summed E-state index contributed by atoms with van der Waals surface area (Å²) in [6, 6.07) is 5.70. The molecule has 0 bridgehead atoms. The van der Waals surface area contributed by atoms with Crippen molar-refractivity contribution in [2.45, 2.75) is 44.1 Å². The standard InChI is InChI=1S/C28H31F3N4O5/c1-15-18-12-24(40-5)23(39-4)10-16(18)8-9-34(15)27(36)19-14-32-35-25(28(29,30)31)13-20(33-26(19)35)17-6-7-21(37-2)22(11-17)38-3/h6-7,10-12,14-15,20,25,33H,8-9,13H2,1-5H3. The second kappa shape index (κ2) is 10.5. The van der Waals surface area contributed by atoms with Crippen LogP contribution in [0.4, 0.5) is 19.0 Å². The summed E-state index contributed by atoms with van der Waals surface area (Å²) in [7, 11) is 6.05. The molecule has 0 radical (unpaired) electrons. The van der Waals surface area contributed by atoms with E-state index in [1.54, 1.807) is 30.2 Å². The largest absolute Gasteiger partial charge is 0.493 e. The number of benzene rings is 2. The molecule has 3 aromatic rings. The molecule has 2 aliphatic rings. The predicted octanol–water partition coefficient (Wildman–Crippen LogP) is 5.34. The summed E-state index contributed by atoms with van der Waals surface area (Å²) in [5.41, 5.74) is 2.56. The number of fused-ring (bicyclic) bond motifs is 2. The van der Waals surface area contributed by atoms with Gasteiger partial charge in [0.1, 0.15) is 11.4 Å². The van der Waals surface area contributed by atoms with Gasteiger partial charge in [-0.25, -0.2) is 4.68 Å². The lowest BCUT2D eigenvalue weighted by atomic mass is 9.92. The molecule has 0 saturated heterocycles. The minimum Gasteiger partial charge on any atom is -0.493 e. The van der Waals surface area contributed by atoms with Crippen molar-refractivity contribution >= 4 is 11.7 Å². The first-order valence-corrected chi connectivity index (χ1v) is 12.8. The minimum absolute atomic E-state index is 0.0312. The Hall–Kier alpha value is -4.09. The number of nitrogens with one attached hydrogen (secondary N) is 1. The zero-order chi connectivity index (χ0) is 28.8. The number of hydrogen-bond donors (Lipinski definition) is 1. The van der Waals surface area contributed by atoms with Crippen molar-refractivity contribution in [3.8, 4) is 23.0 Å². The molecule has 2 aliphatic heterocycles. The van der Waals surface area contributed by atoms with Gasteiger partial charge in [-0.05, 0) is 54.3 Å². The summed E-state index contributed by atoms with van der Waals surface area (Å²) in [4.78, 5) is 15.5. The highest BCUT2D eigenvalue weighted by molar-refractivity contribution is 5.99. The van der Waals surface area contributed by atoms with Gasteiger partial charge in [-0.1, -0.05) is 6.07 Å². The third-order valence-corrected chi connectivity index (χ3v) is 7.72. The molecule has 1 N–H and O–H groups in total. The van der Waals surface area contributed by atoms with Crippen LogP contribution in [0.3, 0.4) is 0 Å². The first-order valence-electron chi connectivity index (χ1n) is 12.8. The van der Waals surface area contributed by atoms with E-state index in [4.69, 9.17) is 18.9 Å². The third kappa shape index (κ3) is 4.65. The molecular formula is C28H31F3N4O5. The van der Waals surface area contributed by atoms with Gasteiger partial charge in [0.25, 0.3) is 5.91 Å². The van der Waals surface area contributed by atoms with Gasteiger partial charge < -0.3 is 29.2 Å². The highest BCUT2D eigenvalue weighted by atomic mass is 19.4. The van der Waals surface area contributed by atoms with E-state index >= 15 is 0 Å². The molecule has 3 unspecified atom stereocenters. The number of carbonyl (C=O) groups is 1. The molecule has 40 heavy (non-hydrogen) atoms. The Labute approximate surface area is 229 Å². The van der Waals surface area contributed by atoms with Crippen molar-refractivity contribution in [3.63, 3.8) is 0 Å². The van der Waals surface area contributed by atoms with Gasteiger partial charge in [0.2, 0.25) is 0 Å². The van der Waals surface area contributed by atoms with Crippen LogP contribution in [0.1, 0.15) is 58.5 Å². The van der Waals surface area contributed by atoms with Crippen molar-refractivity contribution in [2.75, 3.05) is 40.3 Å². The van der Waals surface area contributed by atoms with E-state index in [9.17, 15) is 18.0 Å². The SMILES string of the molecule is COc1ccc(C2CC(C(F)(F)F)n3ncc(C(=O)N4CCc5cc(OC)c(OC)cc5C4C)c3N2)cc1OC. The van der Waals surface area contributed by atoms with E-state index in [0.717, 1.165) is 15.8 Å². The van der Waals surface area contributed by atoms with E-state index in [0.29, 0.717) is 41.5 Å². The molecule has 214 valence electrons. The number of rotatable bonds is 6. The fourth-order valence-corrected chi connectivity index (χ4v) is 5.58. The molecule has 12 heteroatoms. The zero-order valence-electron chi connectivity index (χ0n) is 22.8. The van der Waals surface area contributed by atoms with Crippen LogP contribution in [0.2, 0.25) is 0 Å². The Morgan fingerprint density at radius 1 is 0.975 bits per heavy atom. The number of halogens is 3. The van der Waals surface area contributed by atoms with Crippen molar-refractivity contribution in [1.82, 2.24) is 14.7 Å². The van der Waals surface area contributed by atoms with Gasteiger partial charge >= 0.3 is 6.18 Å². The maximum absolute atomic E-state index is 14.2. The van der Waals surface area contributed by atoms with Gasteiger partial charge in [0.05, 0.1) is 46.7 Å². The second-order valence-corrected chi connectivity index (χ2v) is 9.79. The molecule has 0 fully saturated rings. The average molecular weight is 561 g/mol. The van der Waals surface area contributed by atoms with Crippen LogP contribution in [-0.4, -0.2) is 61.7 Å². The van der Waals surface area contributed by atoms with Gasteiger partial charge in [-0.15, -0.1) is 0 Å². The van der Waals surface area contributed by atoms with Crippen LogP contribution in [0, 0.1) is 0 Å². The highest BCUT2D eigenvalue weighted by Crippen LogP contribution is 2.46. The molecule has 3 heterocycles. The molecule has 5 rings (SSSR count). The van der Waals surface area contributed by atoms with Crippen LogP contribution < -0.4 is 24.3 Å². The molecule has 2 aromatic carbocycles. The number of amides is 1. The number of hydrogen-bond acceptors (Lipinski definition) is 7. The number of alkyl halides is 3. The topological polar surface area (TPSA) is 87.1 Å². The average Bonchev–Trinajstić information content (AvgIpc) is 3.39. The smallest absolute Gasteiger partial charge is 0.410 e. The number of aromatic nitrogens is 2. The monoisotopic (exact) mass is 560 g/mol. The Morgan fingerprint density at radius 3 is 2.27 bits per heavy atom. The summed E-state index contributed by atoms with van der Waals surface area (Å²) < 4.78 is 65.1. The summed E-state index contributed by atoms with van der Waals surface area (Å²) in [5, 5.41) is 7.19. The van der Waals surface area contributed by atoms with Crippen LogP contribution in [0.5, 0.6) is 23.0 Å². The number of anilines is 1.